The van der Waals surface area contributed by atoms with Crippen LogP contribution in [0.4, 0.5) is 5.69 Å². The largest absolute Gasteiger partial charge is 0.328 e. The molecule has 0 aliphatic heterocycles. The third-order valence-electron chi connectivity index (χ3n) is 4.30. The molecule has 150 valence electrons. The van der Waals surface area contributed by atoms with Crippen LogP contribution < -0.4 is 15.1 Å². The molecule has 0 spiro atoms. The number of benzene rings is 2. The Balaban J connectivity index is 1.93. The molecule has 0 aliphatic rings. The number of anilines is 1. The van der Waals surface area contributed by atoms with E-state index in [-0.39, 0.29) is 27.7 Å². The molecule has 3 rings (SSSR count). The summed E-state index contributed by atoms with van der Waals surface area (Å²) in [5.74, 6) is 0. The van der Waals surface area contributed by atoms with Crippen molar-refractivity contribution in [3.63, 3.8) is 0 Å². The Morgan fingerprint density at radius 2 is 1.39 bits per heavy atom. The van der Waals surface area contributed by atoms with Gasteiger partial charge in [0.25, 0.3) is 10.0 Å². The molecule has 0 radical (unpaired) electrons. The number of aryl methyl sites for hydroxylation is 2. The van der Waals surface area contributed by atoms with Crippen LogP contribution in [0, 0.1) is 0 Å². The second-order valence-corrected chi connectivity index (χ2v) is 9.63. The molecule has 2 aromatic carbocycles. The van der Waals surface area contributed by atoms with Crippen LogP contribution in [0.1, 0.15) is 6.92 Å². The summed E-state index contributed by atoms with van der Waals surface area (Å²) in [5.41, 5.74) is 1.07. The first-order chi connectivity index (χ1) is 13.1. The lowest BCUT2D eigenvalue weighted by Crippen LogP contribution is -2.23. The zero-order valence-corrected chi connectivity index (χ0v) is 17.1. The van der Waals surface area contributed by atoms with E-state index in [1.165, 1.54) is 45.5 Å². The predicted octanol–water partition coefficient (Wildman–Crippen LogP) is 0.976. The Morgan fingerprint density at radius 1 is 0.821 bits per heavy atom. The van der Waals surface area contributed by atoms with E-state index in [1.54, 1.807) is 27.1 Å². The molecule has 0 saturated carbocycles. The van der Waals surface area contributed by atoms with Gasteiger partial charge in [0, 0.05) is 26.3 Å². The first-order valence-electron chi connectivity index (χ1n) is 8.35. The molecule has 0 amide bonds. The maximum absolute atomic E-state index is 12.7. The second kappa shape index (κ2) is 7.08. The summed E-state index contributed by atoms with van der Waals surface area (Å²) in [4.78, 5) is 12.0. The molecule has 28 heavy (non-hydrogen) atoms. The van der Waals surface area contributed by atoms with Gasteiger partial charge in [-0.3, -0.25) is 13.9 Å². The van der Waals surface area contributed by atoms with E-state index in [1.807, 2.05) is 0 Å². The van der Waals surface area contributed by atoms with E-state index >= 15 is 0 Å². The minimum absolute atomic E-state index is 0.00875. The summed E-state index contributed by atoms with van der Waals surface area (Å²) in [6.45, 7) is 1.92. The van der Waals surface area contributed by atoms with Gasteiger partial charge < -0.3 is 0 Å². The van der Waals surface area contributed by atoms with Crippen molar-refractivity contribution in [2.24, 2.45) is 14.1 Å². The number of nitrogens with one attached hydrogen (secondary N) is 2. The van der Waals surface area contributed by atoms with Gasteiger partial charge in [0.2, 0.25) is 10.0 Å². The third-order valence-corrected chi connectivity index (χ3v) is 7.25. The minimum Gasteiger partial charge on any atom is -0.295 e. The van der Waals surface area contributed by atoms with Crippen molar-refractivity contribution in [2.45, 2.75) is 16.7 Å². The van der Waals surface area contributed by atoms with Gasteiger partial charge in [0.15, 0.2) is 0 Å². The number of hydrogen-bond donors (Lipinski definition) is 2. The lowest BCUT2D eigenvalue weighted by molar-refractivity contribution is 0.584. The number of hydrogen-bond acceptors (Lipinski definition) is 5. The predicted molar refractivity (Wildman–Crippen MR) is 106 cm³/mol. The minimum atomic E-state index is -3.92. The van der Waals surface area contributed by atoms with Gasteiger partial charge in [0.05, 0.1) is 20.8 Å². The van der Waals surface area contributed by atoms with Gasteiger partial charge in [-0.1, -0.05) is 6.92 Å². The van der Waals surface area contributed by atoms with Crippen LogP contribution in [0.2, 0.25) is 0 Å². The SMILES string of the molecule is CCNS(=O)(=O)c1ccc(NS(=O)(=O)c2ccc3c(c2)n(C)c(=O)n3C)cc1. The van der Waals surface area contributed by atoms with Crippen molar-refractivity contribution < 1.29 is 16.8 Å². The Kier molecular flexibility index (Phi) is 5.08. The average Bonchev–Trinajstić information content (AvgIpc) is 2.86. The van der Waals surface area contributed by atoms with E-state index in [0.29, 0.717) is 11.0 Å². The zero-order valence-electron chi connectivity index (χ0n) is 15.5. The van der Waals surface area contributed by atoms with Crippen LogP contribution in [0.3, 0.4) is 0 Å². The van der Waals surface area contributed by atoms with Gasteiger partial charge in [-0.15, -0.1) is 0 Å². The molecule has 0 aliphatic carbocycles. The highest BCUT2D eigenvalue weighted by Crippen LogP contribution is 2.21. The molecule has 9 nitrogen and oxygen atoms in total. The van der Waals surface area contributed by atoms with Crippen molar-refractivity contribution in [1.82, 2.24) is 13.9 Å². The normalized spacial score (nSPS) is 12.4. The Hall–Kier alpha value is -2.63. The van der Waals surface area contributed by atoms with Crippen molar-refractivity contribution in [1.29, 1.82) is 0 Å². The van der Waals surface area contributed by atoms with Gasteiger partial charge in [-0.2, -0.15) is 0 Å². The molecular weight excluding hydrogens is 404 g/mol. The van der Waals surface area contributed by atoms with Crippen molar-refractivity contribution in [2.75, 3.05) is 11.3 Å². The summed E-state index contributed by atoms with van der Waals surface area (Å²) in [7, 11) is -4.36. The summed E-state index contributed by atoms with van der Waals surface area (Å²) in [6, 6.07) is 9.78. The first-order valence-corrected chi connectivity index (χ1v) is 11.3. The van der Waals surface area contributed by atoms with Crippen molar-refractivity contribution in [3.05, 3.63) is 52.9 Å². The van der Waals surface area contributed by atoms with Gasteiger partial charge >= 0.3 is 5.69 Å². The van der Waals surface area contributed by atoms with Gasteiger partial charge in [-0.25, -0.2) is 26.4 Å². The Bertz CT molecular complexity index is 1300. The van der Waals surface area contributed by atoms with Gasteiger partial charge in [0.1, 0.15) is 0 Å². The number of fused-ring (bicyclic) bond motifs is 1. The quantitative estimate of drug-likeness (QED) is 0.611. The van der Waals surface area contributed by atoms with Crippen LogP contribution in [-0.2, 0) is 34.1 Å². The van der Waals surface area contributed by atoms with Crippen LogP contribution >= 0.6 is 0 Å². The maximum atomic E-state index is 12.7. The van der Waals surface area contributed by atoms with Crippen LogP contribution in [0.25, 0.3) is 11.0 Å². The molecule has 3 aromatic rings. The molecular formula is C17H20N4O5S2. The first kappa shape index (κ1) is 20.1. The molecule has 0 bridgehead atoms. The monoisotopic (exact) mass is 424 g/mol. The molecule has 0 atom stereocenters. The van der Waals surface area contributed by atoms with Crippen molar-refractivity contribution >= 4 is 36.8 Å². The third kappa shape index (κ3) is 3.55. The van der Waals surface area contributed by atoms with E-state index in [4.69, 9.17) is 0 Å². The molecule has 11 heteroatoms. The highest BCUT2D eigenvalue weighted by molar-refractivity contribution is 7.92. The van der Waals surface area contributed by atoms with Crippen molar-refractivity contribution in [3.8, 4) is 0 Å². The number of imidazole rings is 1. The lowest BCUT2D eigenvalue weighted by Gasteiger charge is -2.10. The smallest absolute Gasteiger partial charge is 0.295 e. The van der Waals surface area contributed by atoms with E-state index in [0.717, 1.165) is 0 Å². The molecule has 0 fully saturated rings. The molecule has 1 aromatic heterocycles. The van der Waals surface area contributed by atoms with E-state index in [2.05, 4.69) is 9.44 Å². The fourth-order valence-corrected chi connectivity index (χ4v) is 4.96. The number of sulfonamides is 2. The highest BCUT2D eigenvalue weighted by Gasteiger charge is 2.18. The topological polar surface area (TPSA) is 119 Å². The van der Waals surface area contributed by atoms with Crippen LogP contribution in [0.5, 0.6) is 0 Å². The fourth-order valence-electron chi connectivity index (χ4n) is 2.84. The molecule has 1 heterocycles. The second-order valence-electron chi connectivity index (χ2n) is 6.18. The summed E-state index contributed by atoms with van der Waals surface area (Å²) in [6.07, 6.45) is 0. The number of rotatable bonds is 6. The summed E-state index contributed by atoms with van der Waals surface area (Å²) >= 11 is 0. The number of aromatic nitrogens is 2. The van der Waals surface area contributed by atoms with Crippen LogP contribution in [0.15, 0.2) is 57.1 Å². The zero-order chi connectivity index (χ0) is 20.7. The van der Waals surface area contributed by atoms with E-state index < -0.39 is 20.0 Å². The average molecular weight is 425 g/mol. The maximum Gasteiger partial charge on any atom is 0.328 e. The highest BCUT2D eigenvalue weighted by atomic mass is 32.2. The number of nitrogens with zero attached hydrogens (tertiary/aromatic N) is 2. The molecule has 0 unspecified atom stereocenters. The van der Waals surface area contributed by atoms with Crippen LogP contribution in [-0.4, -0.2) is 32.5 Å². The van der Waals surface area contributed by atoms with E-state index in [9.17, 15) is 21.6 Å². The Morgan fingerprint density at radius 3 is 2.00 bits per heavy atom. The summed E-state index contributed by atoms with van der Waals surface area (Å²) < 4.78 is 56.9. The fraction of sp³-hybridized carbons (Fsp3) is 0.235. The standard InChI is InChI=1S/C17H20N4O5S2/c1-4-18-27(23,24)13-7-5-12(6-8-13)19-28(25,26)14-9-10-15-16(11-14)21(3)17(22)20(15)2/h5-11,18-19H,4H2,1-3H3. The lowest BCUT2D eigenvalue weighted by atomic mass is 10.3. The molecule has 2 N–H and O–H groups in total. The van der Waals surface area contributed by atoms with Gasteiger partial charge in [-0.05, 0) is 42.5 Å². The Labute approximate surface area is 162 Å². The molecule has 0 saturated heterocycles. The summed E-state index contributed by atoms with van der Waals surface area (Å²) in [5, 5.41) is 0.